The van der Waals surface area contributed by atoms with E-state index in [4.69, 9.17) is 0 Å². The second kappa shape index (κ2) is 5.50. The summed E-state index contributed by atoms with van der Waals surface area (Å²) in [6, 6.07) is 0. The Morgan fingerprint density at radius 1 is 1.22 bits per heavy atom. The number of hydrogen-bond acceptors (Lipinski definition) is 6. The van der Waals surface area contributed by atoms with Crippen molar-refractivity contribution in [1.29, 1.82) is 0 Å². The van der Waals surface area contributed by atoms with Gasteiger partial charge in [0.2, 0.25) is 0 Å². The molecule has 0 saturated carbocycles. The molecule has 0 aliphatic carbocycles. The Kier molecular flexibility index (Phi) is 4.19. The highest BCUT2D eigenvalue weighted by Crippen LogP contribution is 2.21. The van der Waals surface area contributed by atoms with Crippen molar-refractivity contribution < 1.29 is 0 Å². The Morgan fingerprint density at radius 3 is 2.44 bits per heavy atom. The summed E-state index contributed by atoms with van der Waals surface area (Å²) in [6.07, 6.45) is 0. The quantitative estimate of drug-likeness (QED) is 0.901. The molecule has 18 heavy (non-hydrogen) atoms. The van der Waals surface area contributed by atoms with E-state index in [9.17, 15) is 0 Å². The van der Waals surface area contributed by atoms with Crippen LogP contribution in [0.25, 0.3) is 0 Å². The van der Waals surface area contributed by atoms with Crippen LogP contribution >= 0.6 is 11.5 Å². The summed E-state index contributed by atoms with van der Waals surface area (Å²) in [4.78, 5) is 5.00. The van der Waals surface area contributed by atoms with Gasteiger partial charge >= 0.3 is 0 Å². The van der Waals surface area contributed by atoms with Crippen LogP contribution in [0.3, 0.4) is 0 Å². The van der Waals surface area contributed by atoms with Crippen molar-refractivity contribution in [3.8, 4) is 0 Å². The highest BCUT2D eigenvalue weighted by atomic mass is 32.1. The average Bonchev–Trinajstić information content (AvgIpc) is 2.76. The lowest BCUT2D eigenvalue weighted by Crippen LogP contribution is -2.53. The normalized spacial score (nSPS) is 19.1. The lowest BCUT2D eigenvalue weighted by Gasteiger charge is -2.42. The van der Waals surface area contributed by atoms with Crippen LogP contribution in [-0.4, -0.2) is 58.2 Å². The second-order valence-corrected chi connectivity index (χ2v) is 6.49. The SMILES string of the molecule is CNc1snnc1CN1CCN(C(C)(C)C)CC1. The molecule has 1 fully saturated rings. The number of nitrogens with one attached hydrogen (secondary N) is 1. The zero-order valence-electron chi connectivity index (χ0n) is 11.7. The van der Waals surface area contributed by atoms with Crippen molar-refractivity contribution >= 4 is 16.5 Å². The third kappa shape index (κ3) is 3.18. The summed E-state index contributed by atoms with van der Waals surface area (Å²) in [6.45, 7) is 12.2. The van der Waals surface area contributed by atoms with E-state index < -0.39 is 0 Å². The number of hydrogen-bond donors (Lipinski definition) is 1. The molecule has 0 aromatic carbocycles. The number of rotatable bonds is 3. The molecule has 0 atom stereocenters. The maximum atomic E-state index is 4.20. The zero-order chi connectivity index (χ0) is 13.2. The molecule has 0 amide bonds. The van der Waals surface area contributed by atoms with E-state index in [1.807, 2.05) is 7.05 Å². The minimum atomic E-state index is 0.282. The minimum Gasteiger partial charge on any atom is -0.377 e. The van der Waals surface area contributed by atoms with Crippen LogP contribution in [0, 0.1) is 0 Å². The fourth-order valence-electron chi connectivity index (χ4n) is 2.29. The highest BCUT2D eigenvalue weighted by Gasteiger charge is 2.26. The molecular weight excluding hydrogens is 246 g/mol. The van der Waals surface area contributed by atoms with Gasteiger partial charge in [0.25, 0.3) is 0 Å². The van der Waals surface area contributed by atoms with Gasteiger partial charge in [-0.1, -0.05) is 4.49 Å². The van der Waals surface area contributed by atoms with Crippen molar-refractivity contribution in [2.75, 3.05) is 38.5 Å². The monoisotopic (exact) mass is 269 g/mol. The molecule has 0 bridgehead atoms. The van der Waals surface area contributed by atoms with Gasteiger partial charge in [-0.25, -0.2) is 0 Å². The number of aromatic nitrogens is 2. The van der Waals surface area contributed by atoms with Crippen molar-refractivity contribution in [3.63, 3.8) is 0 Å². The van der Waals surface area contributed by atoms with Gasteiger partial charge in [-0.05, 0) is 20.8 Å². The van der Waals surface area contributed by atoms with Crippen LogP contribution in [0.5, 0.6) is 0 Å². The van der Waals surface area contributed by atoms with Gasteiger partial charge in [-0.2, -0.15) is 0 Å². The van der Waals surface area contributed by atoms with Crippen molar-refractivity contribution in [1.82, 2.24) is 19.4 Å². The first kappa shape index (κ1) is 13.7. The van der Waals surface area contributed by atoms with Crippen molar-refractivity contribution in [2.24, 2.45) is 0 Å². The molecule has 1 saturated heterocycles. The average molecular weight is 269 g/mol. The third-order valence-electron chi connectivity index (χ3n) is 3.48. The van der Waals surface area contributed by atoms with Gasteiger partial charge < -0.3 is 5.32 Å². The Labute approximate surface area is 113 Å². The molecule has 2 rings (SSSR count). The number of piperazine rings is 1. The fourth-order valence-corrected chi connectivity index (χ4v) is 2.81. The van der Waals surface area contributed by atoms with E-state index in [0.29, 0.717) is 0 Å². The van der Waals surface area contributed by atoms with E-state index in [1.54, 1.807) is 0 Å². The topological polar surface area (TPSA) is 44.3 Å². The van der Waals surface area contributed by atoms with Gasteiger partial charge in [0.15, 0.2) is 0 Å². The molecule has 1 aliphatic heterocycles. The standard InChI is InChI=1S/C12H23N5S/c1-12(2,3)17-7-5-16(6-8-17)9-10-11(13-4)18-15-14-10/h13H,5-9H2,1-4H3. The molecular formula is C12H23N5S. The maximum Gasteiger partial charge on any atom is 0.134 e. The number of anilines is 1. The summed E-state index contributed by atoms with van der Waals surface area (Å²) in [7, 11) is 1.93. The first-order valence-corrected chi connectivity index (χ1v) is 7.24. The molecule has 0 unspecified atom stereocenters. The van der Waals surface area contributed by atoms with Crippen molar-refractivity contribution in [2.45, 2.75) is 32.9 Å². The van der Waals surface area contributed by atoms with Crippen LogP contribution in [0.2, 0.25) is 0 Å². The second-order valence-electron chi connectivity index (χ2n) is 5.73. The van der Waals surface area contributed by atoms with E-state index >= 15 is 0 Å². The van der Waals surface area contributed by atoms with Crippen LogP contribution in [-0.2, 0) is 6.54 Å². The molecule has 1 N–H and O–H groups in total. The lowest BCUT2D eigenvalue weighted by molar-refractivity contribution is 0.0586. The van der Waals surface area contributed by atoms with E-state index in [0.717, 1.165) is 43.4 Å². The van der Waals surface area contributed by atoms with Gasteiger partial charge in [-0.3, -0.25) is 9.80 Å². The fraction of sp³-hybridized carbons (Fsp3) is 0.833. The smallest absolute Gasteiger partial charge is 0.134 e. The summed E-state index contributed by atoms with van der Waals surface area (Å²) in [5.41, 5.74) is 1.36. The van der Waals surface area contributed by atoms with Crippen molar-refractivity contribution in [3.05, 3.63) is 5.69 Å². The third-order valence-corrected chi connectivity index (χ3v) is 4.26. The van der Waals surface area contributed by atoms with Crippen LogP contribution in [0.4, 0.5) is 5.00 Å². The first-order chi connectivity index (χ1) is 8.50. The first-order valence-electron chi connectivity index (χ1n) is 6.47. The van der Waals surface area contributed by atoms with Crippen LogP contribution in [0.1, 0.15) is 26.5 Å². The molecule has 0 radical (unpaired) electrons. The summed E-state index contributed by atoms with van der Waals surface area (Å²) in [5, 5.41) is 8.45. The number of nitrogens with zero attached hydrogens (tertiary/aromatic N) is 4. The predicted octanol–water partition coefficient (Wildman–Crippen LogP) is 1.50. The highest BCUT2D eigenvalue weighted by molar-refractivity contribution is 7.10. The Hall–Kier alpha value is -0.720. The maximum absolute atomic E-state index is 4.20. The molecule has 2 heterocycles. The Balaban J connectivity index is 1.87. The van der Waals surface area contributed by atoms with E-state index in [1.165, 1.54) is 11.5 Å². The molecule has 1 aliphatic rings. The van der Waals surface area contributed by atoms with E-state index in [2.05, 4.69) is 45.5 Å². The summed E-state index contributed by atoms with van der Waals surface area (Å²) in [5.74, 6) is 0. The molecule has 6 heteroatoms. The zero-order valence-corrected chi connectivity index (χ0v) is 12.5. The van der Waals surface area contributed by atoms with Gasteiger partial charge in [0, 0.05) is 56.8 Å². The molecule has 5 nitrogen and oxygen atoms in total. The Bertz CT molecular complexity index is 376. The predicted molar refractivity (Wildman–Crippen MR) is 76.1 cm³/mol. The molecule has 102 valence electrons. The summed E-state index contributed by atoms with van der Waals surface area (Å²) < 4.78 is 4.00. The largest absolute Gasteiger partial charge is 0.377 e. The minimum absolute atomic E-state index is 0.282. The molecule has 1 aromatic heterocycles. The summed E-state index contributed by atoms with van der Waals surface area (Å²) >= 11 is 1.43. The van der Waals surface area contributed by atoms with Gasteiger partial charge in [0.05, 0.1) is 0 Å². The van der Waals surface area contributed by atoms with E-state index in [-0.39, 0.29) is 5.54 Å². The van der Waals surface area contributed by atoms with Gasteiger partial charge in [-0.15, -0.1) is 5.10 Å². The Morgan fingerprint density at radius 2 is 1.89 bits per heavy atom. The van der Waals surface area contributed by atoms with Crippen LogP contribution in [0.15, 0.2) is 0 Å². The van der Waals surface area contributed by atoms with Crippen LogP contribution < -0.4 is 5.32 Å². The molecule has 0 spiro atoms. The van der Waals surface area contributed by atoms with Gasteiger partial charge in [0.1, 0.15) is 10.7 Å². The molecule has 1 aromatic rings. The lowest BCUT2D eigenvalue weighted by atomic mass is 10.0.